The number of amides is 1. The van der Waals surface area contributed by atoms with Crippen LogP contribution in [0.25, 0.3) is 0 Å². The lowest BCUT2D eigenvalue weighted by Crippen LogP contribution is -2.22. The molecule has 0 saturated heterocycles. The quantitative estimate of drug-likeness (QED) is 0.804. The summed E-state index contributed by atoms with van der Waals surface area (Å²) >= 11 is 1.66. The van der Waals surface area contributed by atoms with Gasteiger partial charge in [0.25, 0.3) is 5.91 Å². The minimum absolute atomic E-state index is 0.00955. The molecule has 1 aromatic carbocycles. The smallest absolute Gasteiger partial charge is 0.251 e. The van der Waals surface area contributed by atoms with Crippen molar-refractivity contribution in [3.8, 4) is 0 Å². The molecule has 0 heterocycles. The van der Waals surface area contributed by atoms with Gasteiger partial charge in [0.2, 0.25) is 0 Å². The predicted octanol–water partition coefficient (Wildman–Crippen LogP) is 2.62. The van der Waals surface area contributed by atoms with E-state index in [-0.39, 0.29) is 17.6 Å². The van der Waals surface area contributed by atoms with Gasteiger partial charge >= 0.3 is 0 Å². The van der Waals surface area contributed by atoms with Gasteiger partial charge in [-0.15, -0.1) is 0 Å². The maximum atomic E-state index is 12.0. The van der Waals surface area contributed by atoms with Crippen LogP contribution >= 0.6 is 11.8 Å². The highest BCUT2D eigenvalue weighted by Gasteiger charge is 2.15. The molecule has 3 nitrogen and oxygen atoms in total. The van der Waals surface area contributed by atoms with E-state index in [1.807, 2.05) is 20.1 Å². The van der Waals surface area contributed by atoms with Gasteiger partial charge in [-0.05, 0) is 25.3 Å². The third kappa shape index (κ3) is 3.88. The van der Waals surface area contributed by atoms with Gasteiger partial charge in [0.05, 0.1) is 0 Å². The van der Waals surface area contributed by atoms with Gasteiger partial charge in [0.1, 0.15) is 0 Å². The Kier molecular flexibility index (Phi) is 5.92. The van der Waals surface area contributed by atoms with E-state index in [2.05, 4.69) is 5.32 Å². The van der Waals surface area contributed by atoms with Crippen molar-refractivity contribution >= 4 is 23.5 Å². The molecule has 0 bridgehead atoms. The van der Waals surface area contributed by atoms with Crippen molar-refractivity contribution in [2.45, 2.75) is 13.8 Å². The van der Waals surface area contributed by atoms with Gasteiger partial charge in [-0.25, -0.2) is 0 Å². The van der Waals surface area contributed by atoms with Crippen LogP contribution in [0, 0.1) is 5.92 Å². The van der Waals surface area contributed by atoms with Crippen LogP contribution in [0.1, 0.15) is 34.6 Å². The van der Waals surface area contributed by atoms with Crippen LogP contribution < -0.4 is 5.32 Å². The number of carbonyl (C=O) groups is 2. The molecule has 1 amide bonds. The minimum atomic E-state index is -0.103. The number of ketones is 1. The molecule has 1 N–H and O–H groups in total. The lowest BCUT2D eigenvalue weighted by atomic mass is 10.00. The molecule has 98 valence electrons. The van der Waals surface area contributed by atoms with E-state index in [0.717, 1.165) is 5.75 Å². The maximum Gasteiger partial charge on any atom is 0.251 e. The molecular weight excluding hydrogens is 246 g/mol. The van der Waals surface area contributed by atoms with E-state index in [9.17, 15) is 9.59 Å². The van der Waals surface area contributed by atoms with Crippen LogP contribution in [0.3, 0.4) is 0 Å². The molecule has 1 rings (SSSR count). The van der Waals surface area contributed by atoms with Crippen molar-refractivity contribution in [2.24, 2.45) is 5.92 Å². The first-order valence-corrected chi connectivity index (χ1v) is 7.41. The first-order valence-electron chi connectivity index (χ1n) is 6.01. The molecule has 0 saturated carbocycles. The van der Waals surface area contributed by atoms with E-state index < -0.39 is 0 Å². The molecule has 0 spiro atoms. The fraction of sp³-hybridized carbons (Fsp3) is 0.429. The molecule has 0 aliphatic carbocycles. The summed E-state index contributed by atoms with van der Waals surface area (Å²) in [5, 5.41) is 2.73. The van der Waals surface area contributed by atoms with Crippen LogP contribution in [0.2, 0.25) is 0 Å². The monoisotopic (exact) mass is 265 g/mol. The zero-order valence-corrected chi connectivity index (χ0v) is 11.8. The molecule has 0 aromatic heterocycles. The Hall–Kier alpha value is -1.29. The first-order chi connectivity index (χ1) is 8.60. The standard InChI is InChI=1S/C14H19NO2S/c1-4-15-14(17)12-7-5-11(6-8-12)13(16)10(2)9-18-3/h5-8,10H,4,9H2,1-3H3,(H,15,17). The number of hydrogen-bond acceptors (Lipinski definition) is 3. The van der Waals surface area contributed by atoms with Crippen molar-refractivity contribution in [1.82, 2.24) is 5.32 Å². The number of nitrogens with one attached hydrogen (secondary N) is 1. The minimum Gasteiger partial charge on any atom is -0.352 e. The lowest BCUT2D eigenvalue weighted by molar-refractivity contribution is 0.0935. The number of benzene rings is 1. The molecule has 4 heteroatoms. The van der Waals surface area contributed by atoms with E-state index in [0.29, 0.717) is 17.7 Å². The molecule has 18 heavy (non-hydrogen) atoms. The Morgan fingerprint density at radius 2 is 1.78 bits per heavy atom. The molecule has 1 atom stereocenters. The van der Waals surface area contributed by atoms with E-state index in [1.54, 1.807) is 36.0 Å². The Morgan fingerprint density at radius 1 is 1.22 bits per heavy atom. The van der Waals surface area contributed by atoms with Crippen LogP contribution in [0.15, 0.2) is 24.3 Å². The number of hydrogen-bond donors (Lipinski definition) is 1. The fourth-order valence-corrected chi connectivity index (χ4v) is 2.31. The number of carbonyl (C=O) groups excluding carboxylic acids is 2. The van der Waals surface area contributed by atoms with Crippen molar-refractivity contribution in [3.05, 3.63) is 35.4 Å². The highest BCUT2D eigenvalue weighted by Crippen LogP contribution is 2.13. The highest BCUT2D eigenvalue weighted by molar-refractivity contribution is 7.98. The summed E-state index contributed by atoms with van der Waals surface area (Å²) in [5.41, 5.74) is 1.26. The van der Waals surface area contributed by atoms with E-state index in [4.69, 9.17) is 0 Å². The zero-order chi connectivity index (χ0) is 13.5. The van der Waals surface area contributed by atoms with E-state index in [1.165, 1.54) is 0 Å². The second-order valence-corrected chi connectivity index (χ2v) is 5.07. The average molecular weight is 265 g/mol. The van der Waals surface area contributed by atoms with Crippen molar-refractivity contribution < 1.29 is 9.59 Å². The van der Waals surface area contributed by atoms with Crippen molar-refractivity contribution in [3.63, 3.8) is 0 Å². The molecule has 0 aliphatic rings. The predicted molar refractivity (Wildman–Crippen MR) is 76.3 cm³/mol. The second kappa shape index (κ2) is 7.21. The fourth-order valence-electron chi connectivity index (χ4n) is 1.66. The maximum absolute atomic E-state index is 12.0. The third-order valence-electron chi connectivity index (χ3n) is 2.63. The topological polar surface area (TPSA) is 46.2 Å². The summed E-state index contributed by atoms with van der Waals surface area (Å²) < 4.78 is 0. The van der Waals surface area contributed by atoms with Gasteiger partial charge in [-0.2, -0.15) is 11.8 Å². The molecule has 0 radical (unpaired) electrons. The summed E-state index contributed by atoms with van der Waals surface area (Å²) in [4.78, 5) is 23.6. The van der Waals surface area contributed by atoms with Crippen molar-refractivity contribution in [1.29, 1.82) is 0 Å². The summed E-state index contributed by atoms with van der Waals surface area (Å²) in [6, 6.07) is 6.85. The first kappa shape index (κ1) is 14.8. The third-order valence-corrected chi connectivity index (χ3v) is 3.47. The highest BCUT2D eigenvalue weighted by atomic mass is 32.2. The summed E-state index contributed by atoms with van der Waals surface area (Å²) in [6.07, 6.45) is 1.99. The van der Waals surface area contributed by atoms with Crippen molar-refractivity contribution in [2.75, 3.05) is 18.6 Å². The summed E-state index contributed by atoms with van der Waals surface area (Å²) in [5.74, 6) is 0.854. The second-order valence-electron chi connectivity index (χ2n) is 4.16. The van der Waals surface area contributed by atoms with Crippen LogP contribution in [-0.2, 0) is 0 Å². The Labute approximate surface area is 112 Å². The molecule has 0 aliphatic heterocycles. The summed E-state index contributed by atoms with van der Waals surface area (Å²) in [6.45, 7) is 4.40. The van der Waals surface area contributed by atoms with Crippen LogP contribution in [0.4, 0.5) is 0 Å². The van der Waals surface area contributed by atoms with Crippen LogP contribution in [0.5, 0.6) is 0 Å². The SMILES string of the molecule is CCNC(=O)c1ccc(C(=O)C(C)CSC)cc1. The molecular formula is C14H19NO2S. The Bertz CT molecular complexity index is 414. The number of rotatable bonds is 6. The molecule has 0 fully saturated rings. The van der Waals surface area contributed by atoms with Crippen LogP contribution in [-0.4, -0.2) is 30.2 Å². The van der Waals surface area contributed by atoms with Gasteiger partial charge in [-0.1, -0.05) is 19.1 Å². The molecule has 1 unspecified atom stereocenters. The largest absolute Gasteiger partial charge is 0.352 e. The Balaban J connectivity index is 2.76. The summed E-state index contributed by atoms with van der Waals surface area (Å²) in [7, 11) is 0. The Morgan fingerprint density at radius 3 is 2.28 bits per heavy atom. The van der Waals surface area contributed by atoms with Gasteiger partial charge in [-0.3, -0.25) is 9.59 Å². The molecule has 1 aromatic rings. The van der Waals surface area contributed by atoms with Gasteiger partial charge < -0.3 is 5.32 Å². The number of Topliss-reactive ketones (excluding diaryl/α,β-unsaturated/α-hetero) is 1. The normalized spacial score (nSPS) is 11.9. The lowest BCUT2D eigenvalue weighted by Gasteiger charge is -2.09. The average Bonchev–Trinajstić information content (AvgIpc) is 2.38. The van der Waals surface area contributed by atoms with Gasteiger partial charge in [0, 0.05) is 29.3 Å². The number of thioether (sulfide) groups is 1. The van der Waals surface area contributed by atoms with E-state index >= 15 is 0 Å². The van der Waals surface area contributed by atoms with Gasteiger partial charge in [0.15, 0.2) is 5.78 Å². The zero-order valence-electron chi connectivity index (χ0n) is 11.0.